The summed E-state index contributed by atoms with van der Waals surface area (Å²) in [6.07, 6.45) is 6.07. The molecule has 3 rings (SSSR count). The van der Waals surface area contributed by atoms with E-state index in [1.807, 2.05) is 0 Å². The van der Waals surface area contributed by atoms with E-state index >= 15 is 0 Å². The first kappa shape index (κ1) is 28.8. The molecular formula is C25H30BrCl2N3O4S. The maximum Gasteiger partial charge on any atom is 0.244 e. The Morgan fingerprint density at radius 2 is 1.67 bits per heavy atom. The standard InChI is InChI=1S/C25H30BrCl2N3O4S/c1-17(25(33)29-18-9-4-3-5-10-18)30(15-19-21(27)12-8-13-22(19)28)24(32)16-31(36(2,34)35)23-14-7-6-11-20(23)26/h6-8,11-14,17-18H,3-5,9-10,15-16H2,1-2H3,(H,29,33)/t17-/m0/s1. The predicted molar refractivity (Wildman–Crippen MR) is 148 cm³/mol. The van der Waals surface area contributed by atoms with Crippen molar-refractivity contribution in [3.05, 3.63) is 62.5 Å². The molecule has 2 amide bonds. The zero-order chi connectivity index (χ0) is 26.5. The fourth-order valence-electron chi connectivity index (χ4n) is 4.25. The van der Waals surface area contributed by atoms with E-state index in [0.29, 0.717) is 25.8 Å². The van der Waals surface area contributed by atoms with Crippen molar-refractivity contribution in [2.24, 2.45) is 0 Å². The summed E-state index contributed by atoms with van der Waals surface area (Å²) in [5.41, 5.74) is 0.807. The summed E-state index contributed by atoms with van der Waals surface area (Å²) >= 11 is 16.1. The Bertz CT molecular complexity index is 1190. The number of halogens is 3. The number of rotatable bonds is 9. The third-order valence-corrected chi connectivity index (χ3v) is 8.81. The van der Waals surface area contributed by atoms with E-state index in [4.69, 9.17) is 23.2 Å². The minimum absolute atomic E-state index is 0.0514. The first-order chi connectivity index (χ1) is 17.0. The molecule has 1 saturated carbocycles. The quantitative estimate of drug-likeness (QED) is 0.408. The van der Waals surface area contributed by atoms with Gasteiger partial charge in [0.2, 0.25) is 21.8 Å². The fraction of sp³-hybridized carbons (Fsp3) is 0.440. The molecule has 1 fully saturated rings. The summed E-state index contributed by atoms with van der Waals surface area (Å²) in [6.45, 7) is 1.08. The zero-order valence-electron chi connectivity index (χ0n) is 20.2. The SMILES string of the molecule is C[C@@H](C(=O)NC1CCCCC1)N(Cc1c(Cl)cccc1Cl)C(=O)CN(c1ccccc1Br)S(C)(=O)=O. The molecule has 7 nitrogen and oxygen atoms in total. The molecule has 1 N–H and O–H groups in total. The number of hydrogen-bond donors (Lipinski definition) is 1. The Kier molecular flexibility index (Phi) is 10.1. The van der Waals surface area contributed by atoms with Crippen LogP contribution in [0.5, 0.6) is 0 Å². The van der Waals surface area contributed by atoms with Gasteiger partial charge in [-0.05, 0) is 60.0 Å². The van der Waals surface area contributed by atoms with Gasteiger partial charge in [-0.2, -0.15) is 0 Å². The average molecular weight is 619 g/mol. The second kappa shape index (κ2) is 12.6. The molecule has 0 bridgehead atoms. The van der Waals surface area contributed by atoms with Gasteiger partial charge in [0.25, 0.3) is 0 Å². The Morgan fingerprint density at radius 3 is 2.25 bits per heavy atom. The van der Waals surface area contributed by atoms with Crippen molar-refractivity contribution < 1.29 is 18.0 Å². The van der Waals surface area contributed by atoms with Crippen LogP contribution in [-0.4, -0.2) is 50.0 Å². The first-order valence-corrected chi connectivity index (χ1v) is 15.1. The largest absolute Gasteiger partial charge is 0.352 e. The van der Waals surface area contributed by atoms with Crippen molar-refractivity contribution in [2.75, 3.05) is 17.1 Å². The lowest BCUT2D eigenvalue weighted by Gasteiger charge is -2.33. The maximum atomic E-state index is 13.7. The average Bonchev–Trinajstić information content (AvgIpc) is 2.82. The van der Waals surface area contributed by atoms with Gasteiger partial charge < -0.3 is 10.2 Å². The first-order valence-electron chi connectivity index (χ1n) is 11.7. The van der Waals surface area contributed by atoms with Crippen molar-refractivity contribution in [3.8, 4) is 0 Å². The van der Waals surface area contributed by atoms with Crippen LogP contribution in [0.25, 0.3) is 0 Å². The molecule has 0 aromatic heterocycles. The van der Waals surface area contributed by atoms with Crippen molar-refractivity contribution in [2.45, 2.75) is 57.7 Å². The maximum absolute atomic E-state index is 13.7. The van der Waals surface area contributed by atoms with Crippen LogP contribution in [0.15, 0.2) is 46.9 Å². The van der Waals surface area contributed by atoms with Crippen LogP contribution >= 0.6 is 39.1 Å². The van der Waals surface area contributed by atoms with Crippen LogP contribution in [0.4, 0.5) is 5.69 Å². The third-order valence-electron chi connectivity index (χ3n) is 6.31. The summed E-state index contributed by atoms with van der Waals surface area (Å²) in [5.74, 6) is -0.858. The summed E-state index contributed by atoms with van der Waals surface area (Å²) in [4.78, 5) is 28.2. The van der Waals surface area contributed by atoms with Crippen LogP contribution < -0.4 is 9.62 Å². The van der Waals surface area contributed by atoms with Gasteiger partial charge in [-0.25, -0.2) is 8.42 Å². The molecule has 0 saturated heterocycles. The molecule has 0 radical (unpaired) electrons. The van der Waals surface area contributed by atoms with Gasteiger partial charge in [0.05, 0.1) is 11.9 Å². The number of carbonyl (C=O) groups is 2. The molecule has 0 spiro atoms. The topological polar surface area (TPSA) is 86.8 Å². The lowest BCUT2D eigenvalue weighted by molar-refractivity contribution is -0.139. The van der Waals surface area contributed by atoms with Crippen molar-refractivity contribution >= 4 is 66.7 Å². The van der Waals surface area contributed by atoms with Crippen LogP contribution in [0.3, 0.4) is 0 Å². The molecule has 1 atom stereocenters. The highest BCUT2D eigenvalue weighted by Gasteiger charge is 2.32. The second-order valence-electron chi connectivity index (χ2n) is 8.96. The van der Waals surface area contributed by atoms with E-state index in [2.05, 4.69) is 21.2 Å². The van der Waals surface area contributed by atoms with Gasteiger partial charge in [-0.3, -0.25) is 13.9 Å². The molecule has 0 aliphatic heterocycles. The molecule has 1 aliphatic rings. The van der Waals surface area contributed by atoms with Crippen molar-refractivity contribution in [1.29, 1.82) is 0 Å². The minimum Gasteiger partial charge on any atom is -0.352 e. The minimum atomic E-state index is -3.82. The number of nitrogens with one attached hydrogen (secondary N) is 1. The number of benzene rings is 2. The van der Waals surface area contributed by atoms with Crippen LogP contribution in [0.1, 0.15) is 44.6 Å². The molecule has 11 heteroatoms. The molecule has 196 valence electrons. The van der Waals surface area contributed by atoms with E-state index in [0.717, 1.165) is 42.7 Å². The number of sulfonamides is 1. The molecule has 0 heterocycles. The van der Waals surface area contributed by atoms with Gasteiger partial charge >= 0.3 is 0 Å². The van der Waals surface area contributed by atoms with E-state index in [-0.39, 0.29) is 18.5 Å². The highest BCUT2D eigenvalue weighted by Crippen LogP contribution is 2.29. The third kappa shape index (κ3) is 7.37. The summed E-state index contributed by atoms with van der Waals surface area (Å²) < 4.78 is 26.9. The van der Waals surface area contributed by atoms with E-state index < -0.39 is 28.5 Å². The Balaban J connectivity index is 1.92. The highest BCUT2D eigenvalue weighted by molar-refractivity contribution is 9.10. The van der Waals surface area contributed by atoms with Gasteiger partial charge in [-0.15, -0.1) is 0 Å². The smallest absolute Gasteiger partial charge is 0.244 e. The molecule has 2 aromatic carbocycles. The lowest BCUT2D eigenvalue weighted by atomic mass is 9.95. The van der Waals surface area contributed by atoms with E-state index in [1.165, 1.54) is 4.90 Å². The van der Waals surface area contributed by atoms with Crippen molar-refractivity contribution in [3.63, 3.8) is 0 Å². The van der Waals surface area contributed by atoms with E-state index in [9.17, 15) is 18.0 Å². The van der Waals surface area contributed by atoms with E-state index in [1.54, 1.807) is 49.4 Å². The van der Waals surface area contributed by atoms with Crippen LogP contribution in [0.2, 0.25) is 10.0 Å². The van der Waals surface area contributed by atoms with Crippen LogP contribution in [-0.2, 0) is 26.2 Å². The molecular weight excluding hydrogens is 589 g/mol. The van der Waals surface area contributed by atoms with Gasteiger partial charge in [0, 0.05) is 32.7 Å². The highest BCUT2D eigenvalue weighted by atomic mass is 79.9. The van der Waals surface area contributed by atoms with Gasteiger partial charge in [-0.1, -0.05) is 60.7 Å². The summed E-state index contributed by atoms with van der Waals surface area (Å²) in [5, 5.41) is 3.76. The van der Waals surface area contributed by atoms with Crippen LogP contribution in [0, 0.1) is 0 Å². The lowest BCUT2D eigenvalue weighted by Crippen LogP contribution is -2.53. The summed E-state index contributed by atoms with van der Waals surface area (Å²) in [6, 6.07) is 10.9. The number of carbonyl (C=O) groups excluding carboxylic acids is 2. The normalized spacial score (nSPS) is 15.2. The molecule has 0 unspecified atom stereocenters. The van der Waals surface area contributed by atoms with Crippen molar-refractivity contribution in [1.82, 2.24) is 10.2 Å². The van der Waals surface area contributed by atoms with Gasteiger partial charge in [0.15, 0.2) is 0 Å². The monoisotopic (exact) mass is 617 g/mol. The number of amides is 2. The number of anilines is 1. The predicted octanol–water partition coefficient (Wildman–Crippen LogP) is 5.39. The number of para-hydroxylation sites is 1. The number of nitrogens with zero attached hydrogens (tertiary/aromatic N) is 2. The second-order valence-corrected chi connectivity index (χ2v) is 12.5. The zero-order valence-corrected chi connectivity index (χ0v) is 24.1. The molecule has 36 heavy (non-hydrogen) atoms. The molecule has 2 aromatic rings. The summed E-state index contributed by atoms with van der Waals surface area (Å²) in [7, 11) is -3.82. The Labute approximate surface area is 231 Å². The molecule has 1 aliphatic carbocycles. The number of hydrogen-bond acceptors (Lipinski definition) is 4. The van der Waals surface area contributed by atoms with Gasteiger partial charge in [0.1, 0.15) is 12.6 Å². The Hall–Kier alpha value is -1.81. The fourth-order valence-corrected chi connectivity index (χ4v) is 6.25. The Morgan fingerprint density at radius 1 is 1.06 bits per heavy atom.